The Labute approximate surface area is 126 Å². The van der Waals surface area contributed by atoms with Crippen molar-refractivity contribution < 1.29 is 0 Å². The summed E-state index contributed by atoms with van der Waals surface area (Å²) >= 11 is 7.39. The molecular weight excluding hydrogens is 352 g/mol. The van der Waals surface area contributed by atoms with Crippen molar-refractivity contribution in [3.8, 4) is 0 Å². The van der Waals surface area contributed by atoms with Gasteiger partial charge in [0.05, 0.1) is 4.83 Å². The topological polar surface area (TPSA) is 0 Å². The molecule has 0 bridgehead atoms. The largest absolute Gasteiger partial charge is 0.0786 e. The number of rotatable bonds is 2. The van der Waals surface area contributed by atoms with Crippen molar-refractivity contribution in [1.29, 1.82) is 0 Å². The SMILES string of the molecule is Cc1ccc(C(Br)c2cc(C)c(Br)cc2C)cc1. The number of hydrogen-bond acceptors (Lipinski definition) is 0. The van der Waals surface area contributed by atoms with Gasteiger partial charge in [0.2, 0.25) is 0 Å². The van der Waals surface area contributed by atoms with Crippen molar-refractivity contribution in [2.24, 2.45) is 0 Å². The summed E-state index contributed by atoms with van der Waals surface area (Å²) in [5.41, 5.74) is 6.49. The molecule has 94 valence electrons. The molecule has 0 spiro atoms. The minimum Gasteiger partial charge on any atom is -0.0786 e. The molecular formula is C16H16Br2. The van der Waals surface area contributed by atoms with Gasteiger partial charge in [0, 0.05) is 4.47 Å². The second-order valence-corrected chi connectivity index (χ2v) is 6.50. The van der Waals surface area contributed by atoms with E-state index in [1.54, 1.807) is 0 Å². The average molecular weight is 368 g/mol. The van der Waals surface area contributed by atoms with Gasteiger partial charge >= 0.3 is 0 Å². The van der Waals surface area contributed by atoms with Crippen molar-refractivity contribution in [2.45, 2.75) is 25.6 Å². The van der Waals surface area contributed by atoms with Gasteiger partial charge in [-0.05, 0) is 49.1 Å². The zero-order valence-corrected chi connectivity index (χ0v) is 14.0. The number of alkyl halides is 1. The normalized spacial score (nSPS) is 12.5. The van der Waals surface area contributed by atoms with E-state index in [1.807, 2.05) is 0 Å². The second kappa shape index (κ2) is 5.58. The molecule has 1 atom stereocenters. The highest BCUT2D eigenvalue weighted by molar-refractivity contribution is 9.10. The Balaban J connectivity index is 2.42. The number of aryl methyl sites for hydroxylation is 3. The molecule has 2 heteroatoms. The van der Waals surface area contributed by atoms with Crippen LogP contribution >= 0.6 is 31.9 Å². The highest BCUT2D eigenvalue weighted by Gasteiger charge is 2.13. The van der Waals surface area contributed by atoms with Crippen molar-refractivity contribution in [2.75, 3.05) is 0 Å². The zero-order valence-electron chi connectivity index (χ0n) is 10.8. The van der Waals surface area contributed by atoms with E-state index in [-0.39, 0.29) is 4.83 Å². The third-order valence-electron chi connectivity index (χ3n) is 3.19. The lowest BCUT2D eigenvalue weighted by molar-refractivity contribution is 1.12. The first-order chi connectivity index (χ1) is 8.49. The van der Waals surface area contributed by atoms with Crippen LogP contribution in [0.25, 0.3) is 0 Å². The van der Waals surface area contributed by atoms with E-state index < -0.39 is 0 Å². The standard InChI is InChI=1S/C16H16Br2/c1-10-4-6-13(7-5-10)16(18)14-8-12(3)15(17)9-11(14)2/h4-9,16H,1-3H3. The Morgan fingerprint density at radius 3 is 2.11 bits per heavy atom. The molecule has 0 nitrogen and oxygen atoms in total. The first-order valence-corrected chi connectivity index (χ1v) is 7.67. The molecule has 0 radical (unpaired) electrons. The van der Waals surface area contributed by atoms with Crippen LogP contribution in [0.1, 0.15) is 32.6 Å². The molecule has 2 aromatic carbocycles. The highest BCUT2D eigenvalue weighted by Crippen LogP contribution is 2.35. The maximum absolute atomic E-state index is 3.81. The Morgan fingerprint density at radius 1 is 0.889 bits per heavy atom. The summed E-state index contributed by atoms with van der Waals surface area (Å²) in [4.78, 5) is 0.255. The van der Waals surface area contributed by atoms with E-state index >= 15 is 0 Å². The first kappa shape index (κ1) is 13.8. The van der Waals surface area contributed by atoms with E-state index in [1.165, 1.54) is 32.3 Å². The second-order valence-electron chi connectivity index (χ2n) is 4.73. The van der Waals surface area contributed by atoms with Crippen molar-refractivity contribution >= 4 is 31.9 Å². The highest BCUT2D eigenvalue weighted by atomic mass is 79.9. The van der Waals surface area contributed by atoms with E-state index in [9.17, 15) is 0 Å². The van der Waals surface area contributed by atoms with Crippen molar-refractivity contribution in [1.82, 2.24) is 0 Å². The third kappa shape index (κ3) is 2.86. The van der Waals surface area contributed by atoms with Gasteiger partial charge < -0.3 is 0 Å². The molecule has 2 aromatic rings. The van der Waals surface area contributed by atoms with Gasteiger partial charge in [-0.3, -0.25) is 0 Å². The average Bonchev–Trinajstić information content (AvgIpc) is 2.34. The Bertz CT molecular complexity index is 556. The fraction of sp³-hybridized carbons (Fsp3) is 0.250. The molecule has 0 amide bonds. The van der Waals surface area contributed by atoms with Crippen LogP contribution < -0.4 is 0 Å². The number of hydrogen-bond donors (Lipinski definition) is 0. The van der Waals surface area contributed by atoms with Gasteiger partial charge in [-0.2, -0.15) is 0 Å². The summed E-state index contributed by atoms with van der Waals surface area (Å²) < 4.78 is 1.17. The maximum atomic E-state index is 3.81. The van der Waals surface area contributed by atoms with Gasteiger partial charge in [-0.15, -0.1) is 0 Å². The van der Waals surface area contributed by atoms with Gasteiger partial charge in [-0.1, -0.05) is 67.8 Å². The summed E-state index contributed by atoms with van der Waals surface area (Å²) in [5.74, 6) is 0. The predicted octanol–water partition coefficient (Wildman–Crippen LogP) is 5.86. The van der Waals surface area contributed by atoms with Gasteiger partial charge in [-0.25, -0.2) is 0 Å². The van der Waals surface area contributed by atoms with Crippen LogP contribution in [0, 0.1) is 20.8 Å². The van der Waals surface area contributed by atoms with Crippen LogP contribution in [0.15, 0.2) is 40.9 Å². The third-order valence-corrected chi connectivity index (χ3v) is 5.07. The summed E-state index contributed by atoms with van der Waals surface area (Å²) in [5, 5.41) is 0. The summed E-state index contributed by atoms with van der Waals surface area (Å²) in [7, 11) is 0. The van der Waals surface area contributed by atoms with E-state index in [4.69, 9.17) is 0 Å². The van der Waals surface area contributed by atoms with Crippen molar-refractivity contribution in [3.63, 3.8) is 0 Å². The van der Waals surface area contributed by atoms with Gasteiger partial charge in [0.15, 0.2) is 0 Å². The van der Waals surface area contributed by atoms with Crippen LogP contribution in [-0.4, -0.2) is 0 Å². The molecule has 0 saturated carbocycles. The Hall–Kier alpha value is -0.600. The molecule has 1 unspecified atom stereocenters. The summed E-state index contributed by atoms with van der Waals surface area (Å²) in [6.45, 7) is 6.39. The number of benzene rings is 2. The minimum atomic E-state index is 0.255. The molecule has 0 aromatic heterocycles. The molecule has 0 aliphatic heterocycles. The van der Waals surface area contributed by atoms with E-state index in [0.717, 1.165) is 0 Å². The minimum absolute atomic E-state index is 0.255. The van der Waals surface area contributed by atoms with Gasteiger partial charge in [0.1, 0.15) is 0 Å². The summed E-state index contributed by atoms with van der Waals surface area (Å²) in [6.07, 6.45) is 0. The molecule has 0 aliphatic rings. The quantitative estimate of drug-likeness (QED) is 0.583. The zero-order chi connectivity index (χ0) is 13.3. The smallest absolute Gasteiger partial charge is 0.0647 e. The molecule has 0 aliphatic carbocycles. The molecule has 2 rings (SSSR count). The molecule has 0 heterocycles. The first-order valence-electron chi connectivity index (χ1n) is 5.96. The summed E-state index contributed by atoms with van der Waals surface area (Å²) in [6, 6.07) is 13.1. The van der Waals surface area contributed by atoms with E-state index in [0.29, 0.717) is 0 Å². The maximum Gasteiger partial charge on any atom is 0.0647 e. The molecule has 0 fully saturated rings. The van der Waals surface area contributed by atoms with Crippen LogP contribution in [0.4, 0.5) is 0 Å². The Morgan fingerprint density at radius 2 is 1.50 bits per heavy atom. The van der Waals surface area contributed by atoms with Crippen LogP contribution in [-0.2, 0) is 0 Å². The fourth-order valence-corrected chi connectivity index (χ4v) is 3.25. The molecule has 0 N–H and O–H groups in total. The monoisotopic (exact) mass is 366 g/mol. The lowest BCUT2D eigenvalue weighted by Crippen LogP contribution is -1.97. The number of halogens is 2. The lowest BCUT2D eigenvalue weighted by atomic mass is 9.98. The Kier molecular flexibility index (Phi) is 4.29. The molecule has 18 heavy (non-hydrogen) atoms. The fourth-order valence-electron chi connectivity index (χ4n) is 1.99. The van der Waals surface area contributed by atoms with Crippen LogP contribution in [0.2, 0.25) is 0 Å². The van der Waals surface area contributed by atoms with Crippen molar-refractivity contribution in [3.05, 3.63) is 68.7 Å². The van der Waals surface area contributed by atoms with Crippen LogP contribution in [0.5, 0.6) is 0 Å². The predicted molar refractivity (Wildman–Crippen MR) is 85.6 cm³/mol. The van der Waals surface area contributed by atoms with Crippen LogP contribution in [0.3, 0.4) is 0 Å². The van der Waals surface area contributed by atoms with Gasteiger partial charge in [0.25, 0.3) is 0 Å². The van der Waals surface area contributed by atoms with E-state index in [2.05, 4.69) is 89.0 Å². The molecule has 0 saturated heterocycles. The lowest BCUT2D eigenvalue weighted by Gasteiger charge is -2.15.